The second-order valence-corrected chi connectivity index (χ2v) is 4.56. The number of benzene rings is 1. The van der Waals surface area contributed by atoms with E-state index < -0.39 is 0 Å². The van der Waals surface area contributed by atoms with Gasteiger partial charge in [0.25, 0.3) is 0 Å². The molecule has 3 amide bonds. The molecule has 1 aromatic carbocycles. The fourth-order valence-electron chi connectivity index (χ4n) is 2.20. The van der Waals surface area contributed by atoms with Gasteiger partial charge in [0.05, 0.1) is 12.6 Å². The zero-order valence-electron chi connectivity index (χ0n) is 11.7. The van der Waals surface area contributed by atoms with Crippen molar-refractivity contribution in [1.29, 1.82) is 0 Å². The Kier molecular flexibility index (Phi) is 4.45. The number of nitrogens with one attached hydrogen (secondary N) is 2. The van der Waals surface area contributed by atoms with Crippen LogP contribution in [0.2, 0.25) is 0 Å². The van der Waals surface area contributed by atoms with E-state index in [1.165, 1.54) is 0 Å². The summed E-state index contributed by atoms with van der Waals surface area (Å²) in [5, 5.41) is 5.24. The first-order valence-electron chi connectivity index (χ1n) is 6.65. The van der Waals surface area contributed by atoms with Crippen molar-refractivity contribution >= 4 is 17.6 Å². The van der Waals surface area contributed by atoms with Gasteiger partial charge in [-0.25, -0.2) is 4.79 Å². The molecule has 0 spiro atoms. The highest BCUT2D eigenvalue weighted by Gasteiger charge is 2.31. The minimum absolute atomic E-state index is 0.00978. The summed E-state index contributed by atoms with van der Waals surface area (Å²) < 4.78 is 5.37. The van der Waals surface area contributed by atoms with Crippen LogP contribution in [0.4, 0.5) is 10.5 Å². The van der Waals surface area contributed by atoms with Crippen LogP contribution in [0.5, 0.6) is 5.75 Å². The number of hydrogen-bond acceptors (Lipinski definition) is 3. The number of carbonyl (C=O) groups is 2. The lowest BCUT2D eigenvalue weighted by Crippen LogP contribution is -2.41. The fraction of sp³-hybridized carbons (Fsp3) is 0.429. The molecule has 0 aromatic heterocycles. The molecule has 1 atom stereocenters. The molecular weight excluding hydrogens is 258 g/mol. The van der Waals surface area contributed by atoms with Gasteiger partial charge >= 0.3 is 6.03 Å². The minimum atomic E-state index is -0.267. The number of ether oxygens (including phenoxy) is 1. The van der Waals surface area contributed by atoms with E-state index in [-0.39, 0.29) is 18.0 Å². The first kappa shape index (κ1) is 14.2. The molecule has 108 valence electrons. The summed E-state index contributed by atoms with van der Waals surface area (Å²) in [5.74, 6) is 0.790. The highest BCUT2D eigenvalue weighted by molar-refractivity contribution is 5.96. The quantitative estimate of drug-likeness (QED) is 0.866. The van der Waals surface area contributed by atoms with Crippen LogP contribution in [0.3, 0.4) is 0 Å². The van der Waals surface area contributed by atoms with Crippen molar-refractivity contribution in [2.24, 2.45) is 0 Å². The number of carbonyl (C=O) groups excluding carboxylic acids is 2. The molecule has 1 fully saturated rings. The van der Waals surface area contributed by atoms with Gasteiger partial charge < -0.3 is 20.3 Å². The van der Waals surface area contributed by atoms with Gasteiger partial charge in [-0.05, 0) is 31.2 Å². The SMILES string of the molecule is CCOc1ccc(N2C[C@H](NC(=O)NC)CC2=O)cc1. The van der Waals surface area contributed by atoms with E-state index in [2.05, 4.69) is 10.6 Å². The van der Waals surface area contributed by atoms with Crippen LogP contribution in [-0.2, 0) is 4.79 Å². The molecular formula is C14H19N3O3. The molecule has 0 unspecified atom stereocenters. The van der Waals surface area contributed by atoms with Crippen LogP contribution in [0.25, 0.3) is 0 Å². The van der Waals surface area contributed by atoms with Gasteiger partial charge in [-0.1, -0.05) is 0 Å². The number of urea groups is 1. The van der Waals surface area contributed by atoms with Gasteiger partial charge in [-0.3, -0.25) is 4.79 Å². The number of rotatable bonds is 4. The molecule has 6 heteroatoms. The first-order valence-corrected chi connectivity index (χ1v) is 6.65. The van der Waals surface area contributed by atoms with Gasteiger partial charge in [0.2, 0.25) is 5.91 Å². The third kappa shape index (κ3) is 3.20. The first-order chi connectivity index (χ1) is 9.63. The maximum absolute atomic E-state index is 12.0. The highest BCUT2D eigenvalue weighted by Crippen LogP contribution is 2.24. The summed E-state index contributed by atoms with van der Waals surface area (Å²) in [7, 11) is 1.55. The van der Waals surface area contributed by atoms with Crippen LogP contribution in [-0.4, -0.2) is 38.2 Å². The normalized spacial score (nSPS) is 18.0. The summed E-state index contributed by atoms with van der Waals surface area (Å²) >= 11 is 0. The Hall–Kier alpha value is -2.24. The number of anilines is 1. The Bertz CT molecular complexity index is 487. The summed E-state index contributed by atoms with van der Waals surface area (Å²) in [5.41, 5.74) is 0.819. The summed E-state index contributed by atoms with van der Waals surface area (Å²) in [6.45, 7) is 3.02. The van der Waals surface area contributed by atoms with Gasteiger partial charge in [-0.2, -0.15) is 0 Å². The molecule has 1 aliphatic heterocycles. The Morgan fingerprint density at radius 2 is 2.10 bits per heavy atom. The van der Waals surface area contributed by atoms with E-state index in [4.69, 9.17) is 4.74 Å². The lowest BCUT2D eigenvalue weighted by atomic mass is 10.2. The van der Waals surface area contributed by atoms with Crippen LogP contribution in [0.1, 0.15) is 13.3 Å². The molecule has 2 rings (SSSR count). The van der Waals surface area contributed by atoms with Crippen LogP contribution >= 0.6 is 0 Å². The smallest absolute Gasteiger partial charge is 0.314 e. The maximum atomic E-state index is 12.0. The Balaban J connectivity index is 2.02. The third-order valence-electron chi connectivity index (χ3n) is 3.15. The molecule has 1 heterocycles. The molecule has 2 N–H and O–H groups in total. The molecule has 20 heavy (non-hydrogen) atoms. The van der Waals surface area contributed by atoms with Crippen molar-refractivity contribution in [1.82, 2.24) is 10.6 Å². The molecule has 6 nitrogen and oxygen atoms in total. The Morgan fingerprint density at radius 1 is 1.40 bits per heavy atom. The van der Waals surface area contributed by atoms with Gasteiger partial charge in [0, 0.05) is 25.7 Å². The van der Waals surface area contributed by atoms with E-state index in [0.29, 0.717) is 19.6 Å². The van der Waals surface area contributed by atoms with Crippen molar-refractivity contribution in [3.05, 3.63) is 24.3 Å². The molecule has 0 radical (unpaired) electrons. The molecule has 1 aliphatic rings. The van der Waals surface area contributed by atoms with Crippen LogP contribution in [0, 0.1) is 0 Å². The number of amides is 3. The lowest BCUT2D eigenvalue weighted by Gasteiger charge is -2.17. The predicted octanol–water partition coefficient (Wildman–Crippen LogP) is 1.12. The topological polar surface area (TPSA) is 70.7 Å². The minimum Gasteiger partial charge on any atom is -0.494 e. The predicted molar refractivity (Wildman–Crippen MR) is 76.0 cm³/mol. The molecule has 0 bridgehead atoms. The zero-order valence-corrected chi connectivity index (χ0v) is 11.7. The van der Waals surface area contributed by atoms with Crippen molar-refractivity contribution in [3.63, 3.8) is 0 Å². The van der Waals surface area contributed by atoms with Crippen molar-refractivity contribution < 1.29 is 14.3 Å². The van der Waals surface area contributed by atoms with E-state index in [9.17, 15) is 9.59 Å². The van der Waals surface area contributed by atoms with Gasteiger partial charge in [0.1, 0.15) is 5.75 Å². The number of nitrogens with zero attached hydrogens (tertiary/aromatic N) is 1. The molecule has 0 aliphatic carbocycles. The van der Waals surface area contributed by atoms with E-state index >= 15 is 0 Å². The second kappa shape index (κ2) is 6.27. The van der Waals surface area contributed by atoms with Crippen molar-refractivity contribution in [3.8, 4) is 5.75 Å². The van der Waals surface area contributed by atoms with E-state index in [1.54, 1.807) is 11.9 Å². The summed E-state index contributed by atoms with van der Waals surface area (Å²) in [4.78, 5) is 24.9. The van der Waals surface area contributed by atoms with Crippen LogP contribution < -0.4 is 20.3 Å². The van der Waals surface area contributed by atoms with E-state index in [0.717, 1.165) is 11.4 Å². The monoisotopic (exact) mass is 277 g/mol. The van der Waals surface area contributed by atoms with Crippen molar-refractivity contribution in [2.75, 3.05) is 25.1 Å². The van der Waals surface area contributed by atoms with E-state index in [1.807, 2.05) is 31.2 Å². The molecule has 0 saturated carbocycles. The average Bonchev–Trinajstić information content (AvgIpc) is 2.80. The maximum Gasteiger partial charge on any atom is 0.314 e. The largest absolute Gasteiger partial charge is 0.494 e. The van der Waals surface area contributed by atoms with Gasteiger partial charge in [0.15, 0.2) is 0 Å². The summed E-state index contributed by atoms with van der Waals surface area (Å²) in [6.07, 6.45) is 0.320. The molecule has 1 aromatic rings. The number of hydrogen-bond donors (Lipinski definition) is 2. The lowest BCUT2D eigenvalue weighted by molar-refractivity contribution is -0.117. The zero-order chi connectivity index (χ0) is 14.5. The standard InChI is InChI=1S/C14H19N3O3/c1-3-20-12-6-4-11(5-7-12)17-9-10(8-13(17)18)16-14(19)15-2/h4-7,10H,3,8-9H2,1-2H3,(H2,15,16,19)/t10-/m1/s1. The Labute approximate surface area is 118 Å². The summed E-state index contributed by atoms with van der Waals surface area (Å²) in [6, 6.07) is 6.96. The van der Waals surface area contributed by atoms with Crippen molar-refractivity contribution in [2.45, 2.75) is 19.4 Å². The highest BCUT2D eigenvalue weighted by atomic mass is 16.5. The fourth-order valence-corrected chi connectivity index (χ4v) is 2.20. The van der Waals surface area contributed by atoms with Gasteiger partial charge in [-0.15, -0.1) is 0 Å². The Morgan fingerprint density at radius 3 is 2.70 bits per heavy atom. The second-order valence-electron chi connectivity index (χ2n) is 4.56. The third-order valence-corrected chi connectivity index (χ3v) is 3.15. The average molecular weight is 277 g/mol. The molecule has 1 saturated heterocycles. The van der Waals surface area contributed by atoms with Crippen LogP contribution in [0.15, 0.2) is 24.3 Å².